The van der Waals surface area contributed by atoms with Crippen LogP contribution in [0, 0.1) is 19.7 Å². The van der Waals surface area contributed by atoms with Crippen molar-refractivity contribution >= 4 is 0 Å². The first-order valence-corrected chi connectivity index (χ1v) is 8.28. The van der Waals surface area contributed by atoms with Crippen LogP contribution in [0.5, 0.6) is 0 Å². The highest BCUT2D eigenvalue weighted by Gasteiger charge is 2.30. The molecule has 128 valence electrons. The second-order valence-corrected chi connectivity index (χ2v) is 6.44. The van der Waals surface area contributed by atoms with E-state index in [-0.39, 0.29) is 17.9 Å². The fourth-order valence-corrected chi connectivity index (χ4v) is 3.04. The number of nitrogens with zero attached hydrogens (tertiary/aromatic N) is 2. The summed E-state index contributed by atoms with van der Waals surface area (Å²) < 4.78 is 18.7. The fourth-order valence-electron chi connectivity index (χ4n) is 3.04. The zero-order valence-corrected chi connectivity index (χ0v) is 14.1. The quantitative estimate of drug-likeness (QED) is 0.761. The van der Waals surface area contributed by atoms with Gasteiger partial charge in [0.2, 0.25) is 11.7 Å². The molecule has 2 heterocycles. The standard InChI is InChI=1S/C19H19FN4O/c1-11-6-7-13(8-12(11)2)16-10-17(23-22-16)19-21-18(24-25-19)14-4-3-5-15(20)9-14/h3-9,16-17,22-23H,10H2,1-2H3. The van der Waals surface area contributed by atoms with Gasteiger partial charge in [-0.25, -0.2) is 15.2 Å². The molecule has 0 aliphatic carbocycles. The predicted octanol–water partition coefficient (Wildman–Crippen LogP) is 3.77. The Balaban J connectivity index is 1.51. The lowest BCUT2D eigenvalue weighted by atomic mass is 9.98. The van der Waals surface area contributed by atoms with Crippen molar-refractivity contribution in [2.45, 2.75) is 32.4 Å². The molecule has 1 saturated heterocycles. The van der Waals surface area contributed by atoms with Gasteiger partial charge in [0, 0.05) is 11.6 Å². The van der Waals surface area contributed by atoms with Gasteiger partial charge in [-0.05, 0) is 49.1 Å². The molecule has 3 aromatic rings. The number of rotatable bonds is 3. The van der Waals surface area contributed by atoms with Gasteiger partial charge in [0.1, 0.15) is 11.9 Å². The summed E-state index contributed by atoms with van der Waals surface area (Å²) in [6, 6.07) is 12.7. The molecule has 2 atom stereocenters. The maximum Gasteiger partial charge on any atom is 0.245 e. The molecule has 2 unspecified atom stereocenters. The molecule has 0 bridgehead atoms. The SMILES string of the molecule is Cc1ccc(C2CC(c3nc(-c4cccc(F)c4)no3)NN2)cc1C. The predicted molar refractivity (Wildman–Crippen MR) is 92.0 cm³/mol. The highest BCUT2D eigenvalue weighted by atomic mass is 19.1. The minimum absolute atomic E-state index is 0.0820. The second-order valence-electron chi connectivity index (χ2n) is 6.44. The van der Waals surface area contributed by atoms with Crippen molar-refractivity contribution in [1.82, 2.24) is 21.0 Å². The van der Waals surface area contributed by atoms with E-state index in [2.05, 4.69) is 53.0 Å². The molecule has 1 fully saturated rings. The van der Waals surface area contributed by atoms with Crippen molar-refractivity contribution in [2.24, 2.45) is 0 Å². The minimum atomic E-state index is -0.320. The lowest BCUT2D eigenvalue weighted by Crippen LogP contribution is -2.26. The minimum Gasteiger partial charge on any atom is -0.337 e. The summed E-state index contributed by atoms with van der Waals surface area (Å²) in [4.78, 5) is 4.42. The van der Waals surface area contributed by atoms with Crippen molar-refractivity contribution < 1.29 is 8.91 Å². The molecule has 1 aliphatic heterocycles. The number of aryl methyl sites for hydroxylation is 2. The van der Waals surface area contributed by atoms with Gasteiger partial charge in [0.25, 0.3) is 0 Å². The molecule has 6 heteroatoms. The van der Waals surface area contributed by atoms with Gasteiger partial charge in [-0.15, -0.1) is 0 Å². The number of halogens is 1. The topological polar surface area (TPSA) is 63.0 Å². The number of hydrogen-bond acceptors (Lipinski definition) is 5. The van der Waals surface area contributed by atoms with Crippen molar-refractivity contribution in [3.8, 4) is 11.4 Å². The molecule has 25 heavy (non-hydrogen) atoms. The van der Waals surface area contributed by atoms with Crippen LogP contribution in [0.4, 0.5) is 4.39 Å². The number of nitrogens with one attached hydrogen (secondary N) is 2. The monoisotopic (exact) mass is 338 g/mol. The van der Waals surface area contributed by atoms with Crippen LogP contribution in [-0.4, -0.2) is 10.1 Å². The van der Waals surface area contributed by atoms with Crippen LogP contribution in [0.1, 0.15) is 41.1 Å². The van der Waals surface area contributed by atoms with E-state index in [1.807, 2.05) is 0 Å². The summed E-state index contributed by atoms with van der Waals surface area (Å²) in [5, 5.41) is 3.98. The van der Waals surface area contributed by atoms with E-state index in [1.54, 1.807) is 12.1 Å². The molecule has 0 radical (unpaired) electrons. The van der Waals surface area contributed by atoms with Gasteiger partial charge in [0.15, 0.2) is 0 Å². The molecule has 5 nitrogen and oxygen atoms in total. The first-order valence-electron chi connectivity index (χ1n) is 8.28. The normalized spacial score (nSPS) is 20.1. The molecule has 0 saturated carbocycles. The Hall–Kier alpha value is -2.57. The molecular formula is C19H19FN4O. The lowest BCUT2D eigenvalue weighted by molar-refractivity contribution is 0.340. The summed E-state index contributed by atoms with van der Waals surface area (Å²) in [7, 11) is 0. The molecule has 2 aromatic carbocycles. The largest absolute Gasteiger partial charge is 0.337 e. The maximum atomic E-state index is 13.4. The summed E-state index contributed by atoms with van der Waals surface area (Å²) >= 11 is 0. The van der Waals surface area contributed by atoms with E-state index in [1.165, 1.54) is 28.8 Å². The lowest BCUT2D eigenvalue weighted by Gasteiger charge is -2.11. The van der Waals surface area contributed by atoms with Crippen molar-refractivity contribution in [2.75, 3.05) is 0 Å². The zero-order chi connectivity index (χ0) is 17.4. The van der Waals surface area contributed by atoms with Gasteiger partial charge >= 0.3 is 0 Å². The van der Waals surface area contributed by atoms with E-state index < -0.39 is 0 Å². The smallest absolute Gasteiger partial charge is 0.245 e. The van der Waals surface area contributed by atoms with Gasteiger partial charge in [-0.3, -0.25) is 0 Å². The molecule has 1 aromatic heterocycles. The Morgan fingerprint density at radius 3 is 2.68 bits per heavy atom. The molecular weight excluding hydrogens is 319 g/mol. The van der Waals surface area contributed by atoms with Gasteiger partial charge in [0.05, 0.1) is 0 Å². The van der Waals surface area contributed by atoms with Crippen LogP contribution in [0.3, 0.4) is 0 Å². The molecule has 0 amide bonds. The fraction of sp³-hybridized carbons (Fsp3) is 0.263. The van der Waals surface area contributed by atoms with Gasteiger partial charge < -0.3 is 4.52 Å². The van der Waals surface area contributed by atoms with E-state index in [9.17, 15) is 4.39 Å². The highest BCUT2D eigenvalue weighted by molar-refractivity contribution is 5.53. The Bertz CT molecular complexity index is 908. The average Bonchev–Trinajstić information content (AvgIpc) is 3.26. The zero-order valence-electron chi connectivity index (χ0n) is 14.1. The van der Waals surface area contributed by atoms with Crippen molar-refractivity contribution in [3.63, 3.8) is 0 Å². The summed E-state index contributed by atoms with van der Waals surface area (Å²) in [6.07, 6.45) is 0.799. The van der Waals surface area contributed by atoms with Crippen molar-refractivity contribution in [3.05, 3.63) is 70.9 Å². The summed E-state index contributed by atoms with van der Waals surface area (Å²) in [5.74, 6) is 0.573. The summed E-state index contributed by atoms with van der Waals surface area (Å²) in [6.45, 7) is 4.22. The van der Waals surface area contributed by atoms with E-state index in [4.69, 9.17) is 4.52 Å². The number of hydrazine groups is 1. The Morgan fingerprint density at radius 1 is 1.04 bits per heavy atom. The van der Waals surface area contributed by atoms with Gasteiger partial charge in [-0.2, -0.15) is 4.98 Å². The highest BCUT2D eigenvalue weighted by Crippen LogP contribution is 2.31. The van der Waals surface area contributed by atoms with Crippen LogP contribution >= 0.6 is 0 Å². The second kappa shape index (κ2) is 6.38. The van der Waals surface area contributed by atoms with Crippen LogP contribution < -0.4 is 10.9 Å². The van der Waals surface area contributed by atoms with E-state index >= 15 is 0 Å². The summed E-state index contributed by atoms with van der Waals surface area (Å²) in [5.41, 5.74) is 10.9. The third kappa shape index (κ3) is 3.18. The van der Waals surface area contributed by atoms with Crippen LogP contribution in [-0.2, 0) is 0 Å². The van der Waals surface area contributed by atoms with Gasteiger partial charge in [-0.1, -0.05) is 35.5 Å². The van der Waals surface area contributed by atoms with E-state index in [0.29, 0.717) is 17.3 Å². The maximum absolute atomic E-state index is 13.4. The Morgan fingerprint density at radius 2 is 1.88 bits per heavy atom. The molecule has 2 N–H and O–H groups in total. The van der Waals surface area contributed by atoms with Crippen molar-refractivity contribution in [1.29, 1.82) is 0 Å². The van der Waals surface area contributed by atoms with E-state index in [0.717, 1.165) is 6.42 Å². The first-order chi connectivity index (χ1) is 12.1. The number of hydrogen-bond donors (Lipinski definition) is 2. The van der Waals surface area contributed by atoms with Crippen LogP contribution in [0.15, 0.2) is 47.0 Å². The molecule has 4 rings (SSSR count). The average molecular weight is 338 g/mol. The first kappa shape index (κ1) is 15.9. The van der Waals surface area contributed by atoms with Crippen LogP contribution in [0.2, 0.25) is 0 Å². The number of aromatic nitrogens is 2. The Kier molecular flexibility index (Phi) is 4.07. The molecule has 0 spiro atoms. The Labute approximate surface area is 145 Å². The molecule has 1 aliphatic rings. The van der Waals surface area contributed by atoms with Crippen LogP contribution in [0.25, 0.3) is 11.4 Å². The third-order valence-electron chi connectivity index (χ3n) is 4.66. The number of benzene rings is 2. The third-order valence-corrected chi connectivity index (χ3v) is 4.66.